The summed E-state index contributed by atoms with van der Waals surface area (Å²) in [4.78, 5) is 4.00. The summed E-state index contributed by atoms with van der Waals surface area (Å²) in [6, 6.07) is 12.3. The summed E-state index contributed by atoms with van der Waals surface area (Å²) in [5, 5.41) is 13.5. The zero-order valence-corrected chi connectivity index (χ0v) is 12.8. The molecule has 2 N–H and O–H groups in total. The fourth-order valence-corrected chi connectivity index (χ4v) is 2.24. The van der Waals surface area contributed by atoms with Crippen LogP contribution in [0.1, 0.15) is 42.6 Å². The second-order valence-corrected chi connectivity index (χ2v) is 5.65. The third-order valence-electron chi connectivity index (χ3n) is 3.67. The number of nitrogens with one attached hydrogen (secondary N) is 1. The number of aliphatic hydroxyl groups excluding tert-OH is 1. The van der Waals surface area contributed by atoms with Crippen molar-refractivity contribution in [3.05, 3.63) is 65.5 Å². The van der Waals surface area contributed by atoms with E-state index in [9.17, 15) is 5.11 Å². The summed E-state index contributed by atoms with van der Waals surface area (Å²) in [5.74, 6) is 0.523. The Balaban J connectivity index is 1.75. The molecule has 0 aliphatic carbocycles. The molecule has 0 aliphatic rings. The maximum absolute atomic E-state index is 10.2. The largest absolute Gasteiger partial charge is 0.387 e. The summed E-state index contributed by atoms with van der Waals surface area (Å²) in [6.45, 7) is 5.77. The lowest BCUT2D eigenvalue weighted by molar-refractivity contribution is 0.175. The van der Waals surface area contributed by atoms with Crippen LogP contribution >= 0.6 is 0 Å². The summed E-state index contributed by atoms with van der Waals surface area (Å²) in [5.41, 5.74) is 3.53. The van der Waals surface area contributed by atoms with Gasteiger partial charge in [0.25, 0.3) is 0 Å². The van der Waals surface area contributed by atoms with Gasteiger partial charge in [-0.05, 0) is 47.7 Å². The van der Waals surface area contributed by atoms with Crippen molar-refractivity contribution in [2.75, 3.05) is 13.1 Å². The Morgan fingerprint density at radius 2 is 1.62 bits per heavy atom. The first-order valence-corrected chi connectivity index (χ1v) is 7.54. The normalized spacial score (nSPS) is 12.6. The topological polar surface area (TPSA) is 45.1 Å². The lowest BCUT2D eigenvalue weighted by Crippen LogP contribution is -2.23. The van der Waals surface area contributed by atoms with Gasteiger partial charge in [0.1, 0.15) is 0 Å². The fraction of sp³-hybridized carbons (Fsp3) is 0.389. The molecule has 1 aromatic heterocycles. The van der Waals surface area contributed by atoms with Crippen molar-refractivity contribution >= 4 is 0 Å². The van der Waals surface area contributed by atoms with Crippen LogP contribution in [0.3, 0.4) is 0 Å². The predicted octanol–water partition coefficient (Wildman–Crippen LogP) is 3.07. The second-order valence-electron chi connectivity index (χ2n) is 5.65. The van der Waals surface area contributed by atoms with Gasteiger partial charge in [0.2, 0.25) is 0 Å². The number of hydrogen-bond donors (Lipinski definition) is 2. The second kappa shape index (κ2) is 7.91. The monoisotopic (exact) mass is 284 g/mol. The van der Waals surface area contributed by atoms with Crippen LogP contribution < -0.4 is 5.32 Å². The maximum Gasteiger partial charge on any atom is 0.0914 e. The molecule has 1 atom stereocenters. The lowest BCUT2D eigenvalue weighted by atomic mass is 10.00. The van der Waals surface area contributed by atoms with E-state index in [1.807, 2.05) is 24.3 Å². The summed E-state index contributed by atoms with van der Waals surface area (Å²) in [6.07, 6.45) is 4.10. The van der Waals surface area contributed by atoms with Gasteiger partial charge < -0.3 is 10.4 Å². The van der Waals surface area contributed by atoms with E-state index in [4.69, 9.17) is 0 Å². The minimum Gasteiger partial charge on any atom is -0.387 e. The van der Waals surface area contributed by atoms with Crippen molar-refractivity contribution < 1.29 is 5.11 Å². The van der Waals surface area contributed by atoms with E-state index < -0.39 is 6.10 Å². The third kappa shape index (κ3) is 4.96. The van der Waals surface area contributed by atoms with Crippen LogP contribution in [0.2, 0.25) is 0 Å². The van der Waals surface area contributed by atoms with E-state index in [2.05, 4.69) is 36.3 Å². The molecule has 2 aromatic rings. The summed E-state index contributed by atoms with van der Waals surface area (Å²) < 4.78 is 0. The summed E-state index contributed by atoms with van der Waals surface area (Å²) >= 11 is 0. The number of aromatic nitrogens is 1. The molecule has 0 saturated carbocycles. The molecule has 3 heteroatoms. The van der Waals surface area contributed by atoms with Crippen LogP contribution in [0.5, 0.6) is 0 Å². The van der Waals surface area contributed by atoms with Gasteiger partial charge in [-0.2, -0.15) is 0 Å². The van der Waals surface area contributed by atoms with E-state index in [-0.39, 0.29) is 0 Å². The first kappa shape index (κ1) is 15.7. The molecule has 0 bridgehead atoms. The molecule has 0 spiro atoms. The van der Waals surface area contributed by atoms with Crippen molar-refractivity contribution in [1.82, 2.24) is 10.3 Å². The Kier molecular flexibility index (Phi) is 5.90. The molecule has 2 rings (SSSR count). The Hall–Kier alpha value is -1.71. The van der Waals surface area contributed by atoms with Gasteiger partial charge in [-0.1, -0.05) is 38.1 Å². The lowest BCUT2D eigenvalue weighted by Gasteiger charge is -2.13. The third-order valence-corrected chi connectivity index (χ3v) is 3.67. The highest BCUT2D eigenvalue weighted by molar-refractivity contribution is 5.26. The molecule has 112 valence electrons. The van der Waals surface area contributed by atoms with Crippen LogP contribution in [-0.2, 0) is 6.42 Å². The molecular formula is C18H24N2O. The molecule has 0 aliphatic heterocycles. The van der Waals surface area contributed by atoms with E-state index >= 15 is 0 Å². The zero-order valence-electron chi connectivity index (χ0n) is 12.8. The van der Waals surface area contributed by atoms with Crippen LogP contribution in [0.15, 0.2) is 48.8 Å². The molecule has 21 heavy (non-hydrogen) atoms. The van der Waals surface area contributed by atoms with Crippen molar-refractivity contribution in [3.8, 4) is 0 Å². The van der Waals surface area contributed by atoms with Crippen LogP contribution in [-0.4, -0.2) is 23.2 Å². The molecule has 0 saturated heterocycles. The van der Waals surface area contributed by atoms with Crippen molar-refractivity contribution in [2.45, 2.75) is 32.3 Å². The molecule has 0 radical (unpaired) electrons. The van der Waals surface area contributed by atoms with Gasteiger partial charge in [-0.25, -0.2) is 0 Å². The van der Waals surface area contributed by atoms with E-state index in [1.54, 1.807) is 12.4 Å². The smallest absolute Gasteiger partial charge is 0.0914 e. The highest BCUT2D eigenvalue weighted by Gasteiger charge is 2.07. The van der Waals surface area contributed by atoms with Gasteiger partial charge in [0.05, 0.1) is 6.10 Å². The van der Waals surface area contributed by atoms with Crippen LogP contribution in [0.4, 0.5) is 0 Å². The van der Waals surface area contributed by atoms with E-state index in [1.165, 1.54) is 11.1 Å². The first-order chi connectivity index (χ1) is 10.2. The molecule has 0 fully saturated rings. The maximum atomic E-state index is 10.2. The average molecular weight is 284 g/mol. The molecule has 1 unspecified atom stereocenters. The van der Waals surface area contributed by atoms with Gasteiger partial charge >= 0.3 is 0 Å². The van der Waals surface area contributed by atoms with E-state index in [0.29, 0.717) is 12.5 Å². The van der Waals surface area contributed by atoms with Gasteiger partial charge in [-0.3, -0.25) is 4.98 Å². The highest BCUT2D eigenvalue weighted by Crippen LogP contribution is 2.18. The molecule has 1 aromatic carbocycles. The van der Waals surface area contributed by atoms with E-state index in [0.717, 1.165) is 18.5 Å². The average Bonchev–Trinajstić information content (AvgIpc) is 2.52. The number of hydrogen-bond acceptors (Lipinski definition) is 3. The molecule has 1 heterocycles. The molecular weight excluding hydrogens is 260 g/mol. The van der Waals surface area contributed by atoms with Crippen molar-refractivity contribution in [3.63, 3.8) is 0 Å². The Labute approximate surface area is 127 Å². The number of rotatable bonds is 7. The van der Waals surface area contributed by atoms with Crippen LogP contribution in [0.25, 0.3) is 0 Å². The Bertz CT molecular complexity index is 523. The highest BCUT2D eigenvalue weighted by atomic mass is 16.3. The minimum absolute atomic E-state index is 0.455. The number of nitrogens with zero attached hydrogens (tertiary/aromatic N) is 1. The minimum atomic E-state index is -0.455. The number of aliphatic hydroxyl groups is 1. The summed E-state index contributed by atoms with van der Waals surface area (Å²) in [7, 11) is 0. The number of pyridine rings is 1. The Morgan fingerprint density at radius 3 is 2.24 bits per heavy atom. The van der Waals surface area contributed by atoms with Gasteiger partial charge in [0.15, 0.2) is 0 Å². The number of benzene rings is 1. The SMILES string of the molecule is CC(C)c1ccc(C(O)CNCCc2ccncc2)cc1. The van der Waals surface area contributed by atoms with Gasteiger partial charge in [-0.15, -0.1) is 0 Å². The van der Waals surface area contributed by atoms with Gasteiger partial charge in [0, 0.05) is 18.9 Å². The predicted molar refractivity (Wildman–Crippen MR) is 86.3 cm³/mol. The van der Waals surface area contributed by atoms with Crippen LogP contribution in [0, 0.1) is 0 Å². The molecule has 0 amide bonds. The fourth-order valence-electron chi connectivity index (χ4n) is 2.24. The zero-order chi connectivity index (χ0) is 15.1. The first-order valence-electron chi connectivity index (χ1n) is 7.54. The van der Waals surface area contributed by atoms with Crippen molar-refractivity contribution in [2.24, 2.45) is 0 Å². The van der Waals surface area contributed by atoms with Crippen molar-refractivity contribution in [1.29, 1.82) is 0 Å². The standard InChI is InChI=1S/C18H24N2O/c1-14(2)16-3-5-17(6-4-16)18(21)13-20-12-9-15-7-10-19-11-8-15/h3-8,10-11,14,18,20-21H,9,12-13H2,1-2H3. The quantitative estimate of drug-likeness (QED) is 0.768. The Morgan fingerprint density at radius 1 is 1.00 bits per heavy atom. The molecule has 3 nitrogen and oxygen atoms in total.